The maximum Gasteiger partial charge on any atom is 0.0621 e. The average Bonchev–Trinajstić information content (AvgIpc) is 3.02. The molecule has 0 bridgehead atoms. The quantitative estimate of drug-likeness (QED) is 0.667. The number of hydrogen-bond acceptors (Lipinski definition) is 3. The fourth-order valence-electron chi connectivity index (χ4n) is 2.58. The van der Waals surface area contributed by atoms with Crippen molar-refractivity contribution in [1.29, 1.82) is 5.26 Å². The number of hydrogen-bond donors (Lipinski definition) is 1. The maximum atomic E-state index is 8.51. The molecule has 1 saturated carbocycles. The molecule has 3 nitrogen and oxygen atoms in total. The van der Waals surface area contributed by atoms with Crippen LogP contribution < -0.4 is 5.32 Å². The van der Waals surface area contributed by atoms with Crippen molar-refractivity contribution in [1.82, 2.24) is 10.2 Å². The Morgan fingerprint density at radius 2 is 2.12 bits per heavy atom. The lowest BCUT2D eigenvalue weighted by Crippen LogP contribution is -2.39. The van der Waals surface area contributed by atoms with E-state index in [1.807, 2.05) is 0 Å². The maximum absolute atomic E-state index is 8.51. The zero-order valence-corrected chi connectivity index (χ0v) is 10.1. The molecule has 1 aliphatic carbocycles. The molecule has 1 atom stereocenters. The van der Waals surface area contributed by atoms with Gasteiger partial charge in [-0.1, -0.05) is 0 Å². The second-order valence-electron chi connectivity index (χ2n) is 5.13. The molecule has 0 radical (unpaired) electrons. The summed E-state index contributed by atoms with van der Waals surface area (Å²) in [5, 5.41) is 12.1. The molecule has 2 aliphatic rings. The molecule has 0 aromatic rings. The first-order chi connectivity index (χ1) is 7.90. The molecule has 1 unspecified atom stereocenters. The van der Waals surface area contributed by atoms with Gasteiger partial charge in [-0.15, -0.1) is 0 Å². The molecular formula is C13H23N3. The van der Waals surface area contributed by atoms with Crippen LogP contribution in [0.2, 0.25) is 0 Å². The Morgan fingerprint density at radius 1 is 1.25 bits per heavy atom. The summed E-state index contributed by atoms with van der Waals surface area (Å²) < 4.78 is 0. The van der Waals surface area contributed by atoms with E-state index in [1.165, 1.54) is 51.7 Å². The first kappa shape index (κ1) is 11.9. The molecule has 2 rings (SSSR count). The van der Waals surface area contributed by atoms with Crippen LogP contribution in [0, 0.1) is 11.3 Å². The van der Waals surface area contributed by atoms with Gasteiger partial charge in [-0.3, -0.25) is 4.90 Å². The lowest BCUT2D eigenvalue weighted by molar-refractivity contribution is 0.235. The van der Waals surface area contributed by atoms with E-state index in [1.54, 1.807) is 0 Å². The van der Waals surface area contributed by atoms with E-state index < -0.39 is 0 Å². The van der Waals surface area contributed by atoms with Crippen LogP contribution >= 0.6 is 0 Å². The van der Waals surface area contributed by atoms with Crippen molar-refractivity contribution in [3.8, 4) is 6.07 Å². The number of rotatable bonds is 7. The van der Waals surface area contributed by atoms with Crippen LogP contribution in [-0.2, 0) is 0 Å². The molecular weight excluding hydrogens is 198 g/mol. The Morgan fingerprint density at radius 3 is 2.75 bits per heavy atom. The van der Waals surface area contributed by atoms with Crippen LogP contribution in [0.1, 0.15) is 44.9 Å². The SMILES string of the molecule is N#CCCCCN(CC1CCCN1)C1CC1. The van der Waals surface area contributed by atoms with E-state index in [0.29, 0.717) is 0 Å². The topological polar surface area (TPSA) is 39.1 Å². The van der Waals surface area contributed by atoms with Gasteiger partial charge >= 0.3 is 0 Å². The van der Waals surface area contributed by atoms with E-state index in [4.69, 9.17) is 5.26 Å². The molecule has 16 heavy (non-hydrogen) atoms. The molecule has 3 heteroatoms. The monoisotopic (exact) mass is 221 g/mol. The van der Waals surface area contributed by atoms with Gasteiger partial charge in [0.25, 0.3) is 0 Å². The standard InChI is InChI=1S/C13H23N3/c14-8-2-1-3-10-16(13-6-7-13)11-12-5-4-9-15-12/h12-13,15H,1-7,9-11H2. The molecule has 1 heterocycles. The predicted molar refractivity (Wildman–Crippen MR) is 65.1 cm³/mol. The molecule has 0 aromatic carbocycles. The van der Waals surface area contributed by atoms with Crippen molar-refractivity contribution < 1.29 is 0 Å². The van der Waals surface area contributed by atoms with Crippen LogP contribution in [0.25, 0.3) is 0 Å². The number of nitrogens with one attached hydrogen (secondary N) is 1. The fraction of sp³-hybridized carbons (Fsp3) is 0.923. The van der Waals surface area contributed by atoms with E-state index in [9.17, 15) is 0 Å². The minimum absolute atomic E-state index is 0.722. The molecule has 1 aliphatic heterocycles. The van der Waals surface area contributed by atoms with Gasteiger partial charge in [-0.2, -0.15) is 5.26 Å². The van der Waals surface area contributed by atoms with Gasteiger partial charge in [0.2, 0.25) is 0 Å². The summed E-state index contributed by atoms with van der Waals surface area (Å²) in [4.78, 5) is 2.65. The van der Waals surface area contributed by atoms with Gasteiger partial charge in [0, 0.05) is 25.0 Å². The predicted octanol–water partition coefficient (Wildman–Crippen LogP) is 1.90. The van der Waals surface area contributed by atoms with Crippen molar-refractivity contribution in [2.45, 2.75) is 57.0 Å². The van der Waals surface area contributed by atoms with Gasteiger partial charge < -0.3 is 5.32 Å². The molecule has 1 saturated heterocycles. The first-order valence-electron chi connectivity index (χ1n) is 6.74. The highest BCUT2D eigenvalue weighted by Crippen LogP contribution is 2.27. The number of unbranched alkanes of at least 4 members (excludes halogenated alkanes) is 2. The smallest absolute Gasteiger partial charge is 0.0621 e. The Hall–Kier alpha value is -0.590. The van der Waals surface area contributed by atoms with Gasteiger partial charge in [-0.05, 0) is 51.6 Å². The Balaban J connectivity index is 1.65. The van der Waals surface area contributed by atoms with Crippen molar-refractivity contribution in [2.75, 3.05) is 19.6 Å². The Kier molecular flexibility index (Phi) is 4.62. The first-order valence-corrected chi connectivity index (χ1v) is 6.74. The molecule has 2 fully saturated rings. The molecule has 0 aromatic heterocycles. The van der Waals surface area contributed by atoms with Crippen LogP contribution in [-0.4, -0.2) is 36.6 Å². The summed E-state index contributed by atoms with van der Waals surface area (Å²) in [7, 11) is 0. The lowest BCUT2D eigenvalue weighted by Gasteiger charge is -2.25. The second-order valence-corrected chi connectivity index (χ2v) is 5.13. The molecule has 0 spiro atoms. The van der Waals surface area contributed by atoms with Crippen molar-refractivity contribution in [3.63, 3.8) is 0 Å². The van der Waals surface area contributed by atoms with Crippen LogP contribution in [0.5, 0.6) is 0 Å². The Labute approximate surface area is 98.8 Å². The van der Waals surface area contributed by atoms with E-state index in [-0.39, 0.29) is 0 Å². The second kappa shape index (κ2) is 6.22. The normalized spacial score (nSPS) is 24.9. The summed E-state index contributed by atoms with van der Waals surface area (Å²) in [6.45, 7) is 3.64. The van der Waals surface area contributed by atoms with E-state index >= 15 is 0 Å². The molecule has 1 N–H and O–H groups in total. The van der Waals surface area contributed by atoms with Gasteiger partial charge in [0.1, 0.15) is 0 Å². The van der Waals surface area contributed by atoms with Crippen molar-refractivity contribution in [2.24, 2.45) is 0 Å². The minimum Gasteiger partial charge on any atom is -0.313 e. The summed E-state index contributed by atoms with van der Waals surface area (Å²) in [5.41, 5.74) is 0. The molecule has 0 amide bonds. The number of nitriles is 1. The number of nitrogens with zero attached hydrogens (tertiary/aromatic N) is 2. The van der Waals surface area contributed by atoms with Crippen molar-refractivity contribution >= 4 is 0 Å². The molecule has 90 valence electrons. The zero-order valence-electron chi connectivity index (χ0n) is 10.1. The van der Waals surface area contributed by atoms with Gasteiger partial charge in [0.15, 0.2) is 0 Å². The van der Waals surface area contributed by atoms with Crippen LogP contribution in [0.15, 0.2) is 0 Å². The van der Waals surface area contributed by atoms with E-state index in [2.05, 4.69) is 16.3 Å². The van der Waals surface area contributed by atoms with E-state index in [0.717, 1.165) is 24.9 Å². The highest BCUT2D eigenvalue weighted by Gasteiger charge is 2.30. The average molecular weight is 221 g/mol. The highest BCUT2D eigenvalue weighted by atomic mass is 15.2. The third-order valence-corrected chi connectivity index (χ3v) is 3.66. The third-order valence-electron chi connectivity index (χ3n) is 3.66. The summed E-state index contributed by atoms with van der Waals surface area (Å²) in [5.74, 6) is 0. The van der Waals surface area contributed by atoms with Gasteiger partial charge in [0.05, 0.1) is 6.07 Å². The summed E-state index contributed by atoms with van der Waals surface area (Å²) in [6, 6.07) is 3.83. The van der Waals surface area contributed by atoms with Crippen LogP contribution in [0.4, 0.5) is 0 Å². The van der Waals surface area contributed by atoms with Gasteiger partial charge in [-0.25, -0.2) is 0 Å². The Bertz CT molecular complexity index is 236. The van der Waals surface area contributed by atoms with Crippen molar-refractivity contribution in [3.05, 3.63) is 0 Å². The zero-order chi connectivity index (χ0) is 11.2. The largest absolute Gasteiger partial charge is 0.313 e. The summed E-state index contributed by atoms with van der Waals surface area (Å²) in [6.07, 6.45) is 8.46. The summed E-state index contributed by atoms with van der Waals surface area (Å²) >= 11 is 0. The lowest BCUT2D eigenvalue weighted by atomic mass is 10.2. The minimum atomic E-state index is 0.722. The highest BCUT2D eigenvalue weighted by molar-refractivity contribution is 4.88. The third kappa shape index (κ3) is 3.77. The fourth-order valence-corrected chi connectivity index (χ4v) is 2.58. The van der Waals surface area contributed by atoms with Crippen LogP contribution in [0.3, 0.4) is 0 Å².